The molecule has 0 saturated heterocycles. The van der Waals surface area contributed by atoms with E-state index in [1.54, 1.807) is 11.3 Å². The fraction of sp³-hybridized carbons (Fsp3) is 0.125. The highest BCUT2D eigenvalue weighted by atomic mass is 32.2. The summed E-state index contributed by atoms with van der Waals surface area (Å²) in [5, 5.41) is 7.21. The van der Waals surface area contributed by atoms with E-state index in [0.29, 0.717) is 11.8 Å². The van der Waals surface area contributed by atoms with Gasteiger partial charge in [-0.2, -0.15) is 11.3 Å². The lowest BCUT2D eigenvalue weighted by Gasteiger charge is -2.13. The van der Waals surface area contributed by atoms with E-state index in [-0.39, 0.29) is 0 Å². The van der Waals surface area contributed by atoms with E-state index in [2.05, 4.69) is 59.3 Å². The maximum atomic E-state index is 5.91. The number of nitrogens with two attached hydrogens (primary N) is 1. The van der Waals surface area contributed by atoms with Gasteiger partial charge in [0, 0.05) is 16.7 Å². The van der Waals surface area contributed by atoms with Gasteiger partial charge in [0.2, 0.25) is 0 Å². The topological polar surface area (TPSA) is 26.0 Å². The van der Waals surface area contributed by atoms with Crippen LogP contribution in [0.15, 0.2) is 64.2 Å². The molecule has 1 aromatic heterocycles. The van der Waals surface area contributed by atoms with E-state index >= 15 is 0 Å². The highest BCUT2D eigenvalue weighted by Gasteiger charge is 2.11. The normalized spacial score (nSPS) is 12.7. The summed E-state index contributed by atoms with van der Waals surface area (Å²) in [6.45, 7) is 0.661. The molecule has 0 aliphatic rings. The van der Waals surface area contributed by atoms with Crippen molar-refractivity contribution >= 4 is 33.9 Å². The number of hydrogen-bond donors (Lipinski definition) is 1. The Bertz CT molecular complexity index is 661. The highest BCUT2D eigenvalue weighted by Crippen LogP contribution is 2.36. The lowest BCUT2D eigenvalue weighted by molar-refractivity contribution is 0.946. The van der Waals surface area contributed by atoms with Crippen molar-refractivity contribution in [2.45, 2.75) is 10.1 Å². The van der Waals surface area contributed by atoms with Crippen LogP contribution in [0.25, 0.3) is 10.8 Å². The maximum absolute atomic E-state index is 5.91. The van der Waals surface area contributed by atoms with Gasteiger partial charge in [0.15, 0.2) is 0 Å². The van der Waals surface area contributed by atoms with Gasteiger partial charge in [-0.3, -0.25) is 0 Å². The molecule has 0 aliphatic carbocycles. The highest BCUT2D eigenvalue weighted by molar-refractivity contribution is 7.99. The van der Waals surface area contributed by atoms with Crippen molar-refractivity contribution in [3.05, 3.63) is 64.9 Å². The smallest absolute Gasteiger partial charge is 0.0475 e. The van der Waals surface area contributed by atoms with Crippen LogP contribution in [0.3, 0.4) is 0 Å². The molecule has 19 heavy (non-hydrogen) atoms. The van der Waals surface area contributed by atoms with Gasteiger partial charge >= 0.3 is 0 Å². The number of thiophene rings is 1. The SMILES string of the molecule is NCC(Sc1ccc2ccccc2c1)c1ccsc1. The largest absolute Gasteiger partial charge is 0.329 e. The molecule has 2 N–H and O–H groups in total. The molecule has 0 spiro atoms. The fourth-order valence-electron chi connectivity index (χ4n) is 2.12. The third kappa shape index (κ3) is 2.84. The zero-order chi connectivity index (χ0) is 13.1. The van der Waals surface area contributed by atoms with Crippen molar-refractivity contribution in [2.75, 3.05) is 6.54 Å². The van der Waals surface area contributed by atoms with Crippen LogP contribution in [0.4, 0.5) is 0 Å². The quantitative estimate of drug-likeness (QED) is 0.704. The van der Waals surface area contributed by atoms with E-state index in [0.717, 1.165) is 0 Å². The van der Waals surface area contributed by atoms with Gasteiger partial charge in [-0.15, -0.1) is 11.8 Å². The molecular formula is C16H15NS2. The molecule has 2 aromatic carbocycles. The summed E-state index contributed by atoms with van der Waals surface area (Å²) in [7, 11) is 0. The summed E-state index contributed by atoms with van der Waals surface area (Å²) in [4.78, 5) is 1.28. The van der Waals surface area contributed by atoms with Crippen molar-refractivity contribution in [3.63, 3.8) is 0 Å². The van der Waals surface area contributed by atoms with E-state index in [1.165, 1.54) is 21.2 Å². The van der Waals surface area contributed by atoms with Crippen LogP contribution in [0.1, 0.15) is 10.8 Å². The van der Waals surface area contributed by atoms with Crippen LogP contribution >= 0.6 is 23.1 Å². The first-order valence-corrected chi connectivity index (χ1v) is 8.06. The molecule has 0 aliphatic heterocycles. The minimum absolute atomic E-state index is 0.340. The summed E-state index contributed by atoms with van der Waals surface area (Å²) in [6, 6.07) is 17.2. The molecule has 1 heterocycles. The summed E-state index contributed by atoms with van der Waals surface area (Å²) in [6.07, 6.45) is 0. The Morgan fingerprint density at radius 1 is 1.05 bits per heavy atom. The molecule has 1 nitrogen and oxygen atoms in total. The Morgan fingerprint density at radius 3 is 2.63 bits per heavy atom. The third-order valence-electron chi connectivity index (χ3n) is 3.13. The average molecular weight is 285 g/mol. The molecule has 0 radical (unpaired) electrons. The lowest BCUT2D eigenvalue weighted by Crippen LogP contribution is -2.08. The van der Waals surface area contributed by atoms with Crippen LogP contribution in [-0.4, -0.2) is 6.54 Å². The van der Waals surface area contributed by atoms with Crippen molar-refractivity contribution in [1.29, 1.82) is 0 Å². The Kier molecular flexibility index (Phi) is 3.87. The first kappa shape index (κ1) is 12.7. The third-order valence-corrected chi connectivity index (χ3v) is 5.11. The summed E-state index contributed by atoms with van der Waals surface area (Å²) < 4.78 is 0. The molecule has 0 fully saturated rings. The Morgan fingerprint density at radius 2 is 1.89 bits per heavy atom. The minimum Gasteiger partial charge on any atom is -0.329 e. The van der Waals surface area contributed by atoms with E-state index in [9.17, 15) is 0 Å². The van der Waals surface area contributed by atoms with Crippen molar-refractivity contribution in [1.82, 2.24) is 0 Å². The van der Waals surface area contributed by atoms with Gasteiger partial charge in [-0.25, -0.2) is 0 Å². The van der Waals surface area contributed by atoms with Gasteiger partial charge in [-0.05, 0) is 45.3 Å². The number of benzene rings is 2. The maximum Gasteiger partial charge on any atom is 0.0475 e. The summed E-state index contributed by atoms with van der Waals surface area (Å²) in [5.41, 5.74) is 7.23. The van der Waals surface area contributed by atoms with E-state index in [1.807, 2.05) is 11.8 Å². The first-order chi connectivity index (χ1) is 9.36. The average Bonchev–Trinajstić information content (AvgIpc) is 2.98. The molecule has 1 atom stereocenters. The second-order valence-corrected chi connectivity index (χ2v) is 6.46. The van der Waals surface area contributed by atoms with Crippen LogP contribution in [0.5, 0.6) is 0 Å². The molecule has 3 heteroatoms. The second kappa shape index (κ2) is 5.78. The Balaban J connectivity index is 1.88. The summed E-state index contributed by atoms with van der Waals surface area (Å²) >= 11 is 3.57. The number of rotatable bonds is 4. The van der Waals surface area contributed by atoms with Gasteiger partial charge in [0.1, 0.15) is 0 Å². The zero-order valence-corrected chi connectivity index (χ0v) is 12.1. The van der Waals surface area contributed by atoms with Gasteiger partial charge < -0.3 is 5.73 Å². The molecule has 96 valence electrons. The lowest BCUT2D eigenvalue weighted by atomic mass is 10.1. The zero-order valence-electron chi connectivity index (χ0n) is 10.5. The second-order valence-electron chi connectivity index (χ2n) is 4.41. The molecule has 0 amide bonds. The minimum atomic E-state index is 0.340. The molecule has 3 aromatic rings. The fourth-order valence-corrected chi connectivity index (χ4v) is 3.96. The number of hydrogen-bond acceptors (Lipinski definition) is 3. The van der Waals surface area contributed by atoms with Crippen LogP contribution in [0, 0.1) is 0 Å². The van der Waals surface area contributed by atoms with Crippen LogP contribution in [-0.2, 0) is 0 Å². The van der Waals surface area contributed by atoms with Crippen molar-refractivity contribution < 1.29 is 0 Å². The molecule has 0 bridgehead atoms. The Hall–Kier alpha value is -1.29. The first-order valence-electron chi connectivity index (χ1n) is 6.24. The van der Waals surface area contributed by atoms with Gasteiger partial charge in [-0.1, -0.05) is 30.3 Å². The summed E-state index contributed by atoms with van der Waals surface area (Å²) in [5.74, 6) is 0. The molecular weight excluding hydrogens is 270 g/mol. The molecule has 1 unspecified atom stereocenters. The molecule has 0 saturated carbocycles. The van der Waals surface area contributed by atoms with Crippen molar-refractivity contribution in [3.8, 4) is 0 Å². The molecule has 3 rings (SSSR count). The predicted octanol–water partition coefficient (Wildman–Crippen LogP) is 4.69. The van der Waals surface area contributed by atoms with E-state index in [4.69, 9.17) is 5.73 Å². The van der Waals surface area contributed by atoms with Gasteiger partial charge in [0.25, 0.3) is 0 Å². The van der Waals surface area contributed by atoms with Gasteiger partial charge in [0.05, 0.1) is 0 Å². The van der Waals surface area contributed by atoms with Crippen LogP contribution in [0.2, 0.25) is 0 Å². The standard InChI is InChI=1S/C16H15NS2/c17-10-16(14-7-8-18-11-14)19-15-6-5-12-3-1-2-4-13(12)9-15/h1-9,11,16H,10,17H2. The van der Waals surface area contributed by atoms with Crippen molar-refractivity contribution in [2.24, 2.45) is 5.73 Å². The van der Waals surface area contributed by atoms with E-state index < -0.39 is 0 Å². The van der Waals surface area contributed by atoms with Crippen LogP contribution < -0.4 is 5.73 Å². The monoisotopic (exact) mass is 285 g/mol. The predicted molar refractivity (Wildman–Crippen MR) is 85.9 cm³/mol. The Labute approximate surface area is 121 Å². The number of thioether (sulfide) groups is 1. The number of fused-ring (bicyclic) bond motifs is 1.